The average Bonchev–Trinajstić information content (AvgIpc) is 2.97. The summed E-state index contributed by atoms with van der Waals surface area (Å²) in [4.78, 5) is 10.4. The van der Waals surface area contributed by atoms with Crippen LogP contribution in [0.1, 0.15) is 64.7 Å². The van der Waals surface area contributed by atoms with E-state index in [0.717, 1.165) is 19.3 Å². The quantitative estimate of drug-likeness (QED) is 0.293. The molecular formula is C20H34O6. The van der Waals surface area contributed by atoms with Crippen LogP contribution in [-0.4, -0.2) is 56.9 Å². The third-order valence-electron chi connectivity index (χ3n) is 4.56. The summed E-state index contributed by atoms with van der Waals surface area (Å²) in [5.41, 5.74) is 0. The van der Waals surface area contributed by atoms with E-state index in [-0.39, 0.29) is 12.5 Å². The molecule has 0 amide bonds. The van der Waals surface area contributed by atoms with Gasteiger partial charge in [0.25, 0.3) is 0 Å². The van der Waals surface area contributed by atoms with Gasteiger partial charge in [-0.2, -0.15) is 0 Å². The lowest BCUT2D eigenvalue weighted by molar-refractivity contribution is -0.137. The van der Waals surface area contributed by atoms with E-state index < -0.39 is 30.4 Å². The standard InChI is InChI=1S/C20H34O6/c1-2-3-6-9-15(21)12-13-16(22)19-14-17(23)18(26-19)10-7-4-5-8-11-20(24)25/h4,7,12-13,15-19,21-23H,2-3,5-6,8-11,14H2,1H3,(H,24,25)/b7-4-,13-12+/t15-,16+,17-,18+,19-/m1/s1. The van der Waals surface area contributed by atoms with Gasteiger partial charge < -0.3 is 25.2 Å². The van der Waals surface area contributed by atoms with E-state index in [4.69, 9.17) is 9.84 Å². The molecule has 0 unspecified atom stereocenters. The predicted molar refractivity (Wildman–Crippen MR) is 99.8 cm³/mol. The first-order valence-corrected chi connectivity index (χ1v) is 9.68. The molecule has 1 fully saturated rings. The predicted octanol–water partition coefficient (Wildman–Crippen LogP) is 2.56. The van der Waals surface area contributed by atoms with Gasteiger partial charge in [-0.05, 0) is 25.7 Å². The summed E-state index contributed by atoms with van der Waals surface area (Å²) in [7, 11) is 0. The Morgan fingerprint density at radius 3 is 2.65 bits per heavy atom. The van der Waals surface area contributed by atoms with Crippen molar-refractivity contribution in [1.82, 2.24) is 0 Å². The molecule has 1 aliphatic heterocycles. The van der Waals surface area contributed by atoms with Gasteiger partial charge in [0, 0.05) is 12.8 Å². The molecule has 1 rings (SSSR count). The van der Waals surface area contributed by atoms with E-state index >= 15 is 0 Å². The minimum absolute atomic E-state index is 0.151. The molecule has 4 N–H and O–H groups in total. The average molecular weight is 370 g/mol. The zero-order valence-electron chi connectivity index (χ0n) is 15.7. The molecule has 1 aliphatic rings. The van der Waals surface area contributed by atoms with E-state index in [1.807, 2.05) is 12.2 Å². The lowest BCUT2D eigenvalue weighted by atomic mass is 10.0. The molecule has 6 nitrogen and oxygen atoms in total. The molecule has 1 saturated heterocycles. The maximum absolute atomic E-state index is 10.4. The smallest absolute Gasteiger partial charge is 0.303 e. The van der Waals surface area contributed by atoms with Crippen LogP contribution in [0.2, 0.25) is 0 Å². The highest BCUT2D eigenvalue weighted by Gasteiger charge is 2.36. The van der Waals surface area contributed by atoms with Crippen molar-refractivity contribution in [3.63, 3.8) is 0 Å². The molecular weight excluding hydrogens is 336 g/mol. The number of carboxylic acids is 1. The summed E-state index contributed by atoms with van der Waals surface area (Å²) in [6.45, 7) is 2.11. The highest BCUT2D eigenvalue weighted by Crippen LogP contribution is 2.26. The molecule has 5 atom stereocenters. The second-order valence-corrected chi connectivity index (χ2v) is 6.95. The first-order chi connectivity index (χ1) is 12.4. The Labute approximate surface area is 156 Å². The van der Waals surface area contributed by atoms with Crippen molar-refractivity contribution in [3.05, 3.63) is 24.3 Å². The SMILES string of the molecule is CCCCC[C@@H](O)/C=C/[C@H](O)[C@H]1C[C@@H](O)[C@H](C/C=C\CCCC(=O)O)O1. The molecule has 0 aromatic carbocycles. The van der Waals surface area contributed by atoms with Crippen LogP contribution in [0.15, 0.2) is 24.3 Å². The third-order valence-corrected chi connectivity index (χ3v) is 4.56. The molecule has 0 aromatic rings. The number of hydrogen-bond donors (Lipinski definition) is 4. The van der Waals surface area contributed by atoms with Crippen molar-refractivity contribution in [2.75, 3.05) is 0 Å². The fourth-order valence-electron chi connectivity index (χ4n) is 2.98. The molecule has 150 valence electrons. The van der Waals surface area contributed by atoms with E-state index in [9.17, 15) is 20.1 Å². The molecule has 0 spiro atoms. The lowest BCUT2D eigenvalue weighted by Gasteiger charge is -2.16. The number of aliphatic carboxylic acids is 1. The van der Waals surface area contributed by atoms with Crippen LogP contribution in [0.3, 0.4) is 0 Å². The Kier molecular flexibility index (Phi) is 11.4. The van der Waals surface area contributed by atoms with E-state index in [0.29, 0.717) is 32.1 Å². The number of aliphatic hydroxyl groups is 3. The molecule has 0 saturated carbocycles. The first kappa shape index (κ1) is 22.8. The number of carboxylic acid groups (broad SMARTS) is 1. The Bertz CT molecular complexity index is 448. The molecule has 0 bridgehead atoms. The van der Waals surface area contributed by atoms with Crippen molar-refractivity contribution in [1.29, 1.82) is 0 Å². The topological polar surface area (TPSA) is 107 Å². The summed E-state index contributed by atoms with van der Waals surface area (Å²) in [5.74, 6) is -0.798. The monoisotopic (exact) mass is 370 g/mol. The van der Waals surface area contributed by atoms with Gasteiger partial charge in [0.15, 0.2) is 0 Å². The Balaban J connectivity index is 2.30. The lowest BCUT2D eigenvalue weighted by Crippen LogP contribution is -2.24. The van der Waals surface area contributed by atoms with Gasteiger partial charge in [-0.15, -0.1) is 0 Å². The van der Waals surface area contributed by atoms with Crippen LogP contribution >= 0.6 is 0 Å². The molecule has 26 heavy (non-hydrogen) atoms. The van der Waals surface area contributed by atoms with Crippen LogP contribution in [0, 0.1) is 0 Å². The number of rotatable bonds is 13. The molecule has 0 radical (unpaired) electrons. The summed E-state index contributed by atoms with van der Waals surface area (Å²) >= 11 is 0. The van der Waals surface area contributed by atoms with Gasteiger partial charge in [0.05, 0.1) is 30.5 Å². The largest absolute Gasteiger partial charge is 0.481 e. The second kappa shape index (κ2) is 13.0. The number of unbranched alkanes of at least 4 members (excludes halogenated alkanes) is 3. The minimum atomic E-state index is -0.852. The van der Waals surface area contributed by atoms with Gasteiger partial charge in [-0.1, -0.05) is 50.5 Å². The maximum Gasteiger partial charge on any atom is 0.303 e. The second-order valence-electron chi connectivity index (χ2n) is 6.95. The summed E-state index contributed by atoms with van der Waals surface area (Å²) in [5, 5.41) is 38.7. The Hall–Kier alpha value is -1.21. The Morgan fingerprint density at radius 2 is 1.96 bits per heavy atom. The highest BCUT2D eigenvalue weighted by atomic mass is 16.5. The molecule has 6 heteroatoms. The van der Waals surface area contributed by atoms with Gasteiger partial charge in [0.2, 0.25) is 0 Å². The number of hydrogen-bond acceptors (Lipinski definition) is 5. The van der Waals surface area contributed by atoms with Crippen LogP contribution in [-0.2, 0) is 9.53 Å². The molecule has 0 aliphatic carbocycles. The van der Waals surface area contributed by atoms with E-state index in [2.05, 4.69) is 6.92 Å². The maximum atomic E-state index is 10.4. The number of allylic oxidation sites excluding steroid dienone is 1. The van der Waals surface area contributed by atoms with E-state index in [1.165, 1.54) is 0 Å². The Morgan fingerprint density at radius 1 is 1.19 bits per heavy atom. The third kappa shape index (κ3) is 9.48. The van der Waals surface area contributed by atoms with Gasteiger partial charge in [0.1, 0.15) is 0 Å². The summed E-state index contributed by atoms with van der Waals surface area (Å²) in [6.07, 6.45) is 10.2. The van der Waals surface area contributed by atoms with Crippen LogP contribution in [0.4, 0.5) is 0 Å². The van der Waals surface area contributed by atoms with Gasteiger partial charge in [-0.25, -0.2) is 0 Å². The number of ether oxygens (including phenoxy) is 1. The fraction of sp³-hybridized carbons (Fsp3) is 0.750. The fourth-order valence-corrected chi connectivity index (χ4v) is 2.98. The van der Waals surface area contributed by atoms with Gasteiger partial charge in [-0.3, -0.25) is 4.79 Å². The summed E-state index contributed by atoms with van der Waals surface area (Å²) < 4.78 is 5.73. The molecule has 0 aromatic heterocycles. The van der Waals surface area contributed by atoms with Crippen molar-refractivity contribution in [2.24, 2.45) is 0 Å². The normalized spacial score (nSPS) is 25.9. The van der Waals surface area contributed by atoms with Crippen LogP contribution < -0.4 is 0 Å². The van der Waals surface area contributed by atoms with Crippen LogP contribution in [0.5, 0.6) is 0 Å². The van der Waals surface area contributed by atoms with Crippen molar-refractivity contribution in [2.45, 2.75) is 95.2 Å². The highest BCUT2D eigenvalue weighted by molar-refractivity contribution is 5.66. The first-order valence-electron chi connectivity index (χ1n) is 9.68. The molecule has 1 heterocycles. The van der Waals surface area contributed by atoms with Crippen molar-refractivity contribution in [3.8, 4) is 0 Å². The zero-order chi connectivity index (χ0) is 19.4. The van der Waals surface area contributed by atoms with Crippen molar-refractivity contribution >= 4 is 5.97 Å². The number of aliphatic hydroxyl groups excluding tert-OH is 3. The van der Waals surface area contributed by atoms with Gasteiger partial charge >= 0.3 is 5.97 Å². The van der Waals surface area contributed by atoms with E-state index in [1.54, 1.807) is 12.2 Å². The van der Waals surface area contributed by atoms with Crippen molar-refractivity contribution < 1.29 is 30.0 Å². The number of carbonyl (C=O) groups is 1. The zero-order valence-corrected chi connectivity index (χ0v) is 15.7. The van der Waals surface area contributed by atoms with Crippen LogP contribution in [0.25, 0.3) is 0 Å². The minimum Gasteiger partial charge on any atom is -0.481 e. The summed E-state index contributed by atoms with van der Waals surface area (Å²) in [6, 6.07) is 0.